The molecule has 2 nitrogen and oxygen atoms in total. The highest BCUT2D eigenvalue weighted by Gasteiger charge is 2.34. The average Bonchev–Trinajstić information content (AvgIpc) is 2.19. The summed E-state index contributed by atoms with van der Waals surface area (Å²) in [5.74, 6) is -0.267. The molecule has 0 radical (unpaired) electrons. The number of benzene rings is 1. The number of rotatable bonds is 3. The number of anilines is 1. The molecule has 1 rings (SSSR count). The van der Waals surface area contributed by atoms with Crippen molar-refractivity contribution in [2.45, 2.75) is 6.18 Å². The van der Waals surface area contributed by atoms with Crippen molar-refractivity contribution in [2.75, 3.05) is 12.3 Å². The van der Waals surface area contributed by atoms with E-state index in [0.717, 1.165) is 6.07 Å². The zero-order valence-corrected chi connectivity index (χ0v) is 8.85. The van der Waals surface area contributed by atoms with Crippen LogP contribution in [0.3, 0.4) is 0 Å². The fraction of sp³-hybridized carbons (Fsp3) is 0.200. The fourth-order valence-corrected chi connectivity index (χ4v) is 1.14. The minimum atomic E-state index is -4.49. The van der Waals surface area contributed by atoms with Crippen LogP contribution in [0.2, 0.25) is 0 Å². The molecular formula is C10H9ClF3NO. The summed E-state index contributed by atoms with van der Waals surface area (Å²) in [5.41, 5.74) is 5.60. The van der Waals surface area contributed by atoms with E-state index >= 15 is 0 Å². The van der Waals surface area contributed by atoms with Crippen LogP contribution >= 0.6 is 11.6 Å². The van der Waals surface area contributed by atoms with E-state index in [1.807, 2.05) is 0 Å². The molecule has 6 heteroatoms. The van der Waals surface area contributed by atoms with Gasteiger partial charge in [-0.3, -0.25) is 0 Å². The highest BCUT2D eigenvalue weighted by molar-refractivity contribution is 6.25. The average molecular weight is 252 g/mol. The number of nitrogens with two attached hydrogens (primary N) is 1. The van der Waals surface area contributed by atoms with Crippen molar-refractivity contribution in [1.82, 2.24) is 0 Å². The highest BCUT2D eigenvalue weighted by Crippen LogP contribution is 2.37. The van der Waals surface area contributed by atoms with Crippen molar-refractivity contribution in [1.29, 1.82) is 0 Å². The Morgan fingerprint density at radius 1 is 1.38 bits per heavy atom. The van der Waals surface area contributed by atoms with Crippen molar-refractivity contribution >= 4 is 17.3 Å². The third kappa shape index (κ3) is 3.34. The summed E-state index contributed by atoms with van der Waals surface area (Å²) in [4.78, 5) is 0. The number of alkyl halides is 3. The maximum Gasteiger partial charge on any atom is 0.420 e. The summed E-state index contributed by atoms with van der Waals surface area (Å²) in [6.45, 7) is -0.0313. The molecule has 0 aromatic heterocycles. The molecule has 1 aromatic carbocycles. The van der Waals surface area contributed by atoms with Crippen molar-refractivity contribution in [3.05, 3.63) is 35.4 Å². The Morgan fingerprint density at radius 2 is 2.06 bits per heavy atom. The first-order valence-corrected chi connectivity index (χ1v) is 4.73. The van der Waals surface area contributed by atoms with Gasteiger partial charge in [-0.1, -0.05) is 11.6 Å². The van der Waals surface area contributed by atoms with Crippen molar-refractivity contribution in [3.63, 3.8) is 0 Å². The van der Waals surface area contributed by atoms with Crippen LogP contribution in [0.25, 0.3) is 0 Å². The normalized spacial score (nSPS) is 12.0. The van der Waals surface area contributed by atoms with Crippen LogP contribution in [-0.4, -0.2) is 6.61 Å². The first-order chi connectivity index (χ1) is 7.45. The standard InChI is InChI=1S/C10H9ClF3NO/c11-4-1-5-16-9-3-2-7(15)6-8(9)10(12,13)14/h1-4,6H,5,15H2/b4-1+. The van der Waals surface area contributed by atoms with E-state index in [1.165, 1.54) is 23.7 Å². The zero-order valence-electron chi connectivity index (χ0n) is 8.09. The number of ether oxygens (including phenoxy) is 1. The lowest BCUT2D eigenvalue weighted by atomic mass is 10.1. The smallest absolute Gasteiger partial charge is 0.420 e. The van der Waals surface area contributed by atoms with E-state index in [9.17, 15) is 13.2 Å². The SMILES string of the molecule is Nc1ccc(OC/C=C/Cl)c(C(F)(F)F)c1. The van der Waals surface area contributed by atoms with Crippen molar-refractivity contribution < 1.29 is 17.9 Å². The summed E-state index contributed by atoms with van der Waals surface area (Å²) in [7, 11) is 0. The minimum Gasteiger partial charge on any atom is -0.489 e. The van der Waals surface area contributed by atoms with E-state index in [-0.39, 0.29) is 18.0 Å². The Labute approximate surface area is 95.5 Å². The Morgan fingerprint density at radius 3 is 2.62 bits per heavy atom. The molecule has 0 atom stereocenters. The molecule has 0 bridgehead atoms. The molecule has 2 N–H and O–H groups in total. The van der Waals surface area contributed by atoms with Gasteiger partial charge in [-0.05, 0) is 24.3 Å². The summed E-state index contributed by atoms with van der Waals surface area (Å²) >= 11 is 5.22. The van der Waals surface area contributed by atoms with Gasteiger partial charge in [-0.15, -0.1) is 0 Å². The summed E-state index contributed by atoms with van der Waals surface area (Å²) < 4.78 is 42.6. The number of halogens is 4. The molecule has 0 heterocycles. The molecule has 88 valence electrons. The van der Waals surface area contributed by atoms with Crippen LogP contribution in [0.5, 0.6) is 5.75 Å². The third-order valence-corrected chi connectivity index (χ3v) is 1.91. The third-order valence-electron chi connectivity index (χ3n) is 1.73. The van der Waals surface area contributed by atoms with Gasteiger partial charge in [0.25, 0.3) is 0 Å². The Hall–Kier alpha value is -1.36. The van der Waals surface area contributed by atoms with Gasteiger partial charge in [0.2, 0.25) is 0 Å². The second kappa shape index (κ2) is 5.12. The van der Waals surface area contributed by atoms with E-state index < -0.39 is 11.7 Å². The van der Waals surface area contributed by atoms with Gasteiger partial charge < -0.3 is 10.5 Å². The van der Waals surface area contributed by atoms with Gasteiger partial charge in [0.05, 0.1) is 5.56 Å². The lowest BCUT2D eigenvalue weighted by molar-refractivity contribution is -0.138. The Balaban J connectivity index is 2.99. The molecule has 16 heavy (non-hydrogen) atoms. The van der Waals surface area contributed by atoms with E-state index in [1.54, 1.807) is 0 Å². The van der Waals surface area contributed by atoms with Crippen LogP contribution in [0.1, 0.15) is 5.56 Å². The summed E-state index contributed by atoms with van der Waals surface area (Å²) in [5, 5.41) is 0. The number of hydrogen-bond donors (Lipinski definition) is 1. The maximum atomic E-state index is 12.6. The summed E-state index contributed by atoms with van der Waals surface area (Å²) in [6, 6.07) is 3.36. The zero-order chi connectivity index (χ0) is 12.2. The molecule has 0 aliphatic rings. The Bertz CT molecular complexity index is 390. The molecule has 0 unspecified atom stereocenters. The van der Waals surface area contributed by atoms with Gasteiger partial charge in [0.15, 0.2) is 0 Å². The molecule has 0 fully saturated rings. The van der Waals surface area contributed by atoms with Gasteiger partial charge in [0.1, 0.15) is 12.4 Å². The largest absolute Gasteiger partial charge is 0.489 e. The second-order valence-electron chi connectivity index (χ2n) is 2.93. The molecule has 0 aliphatic carbocycles. The lowest BCUT2D eigenvalue weighted by Gasteiger charge is -2.13. The lowest BCUT2D eigenvalue weighted by Crippen LogP contribution is -2.09. The van der Waals surface area contributed by atoms with Crippen molar-refractivity contribution in [2.24, 2.45) is 0 Å². The van der Waals surface area contributed by atoms with E-state index in [4.69, 9.17) is 22.1 Å². The van der Waals surface area contributed by atoms with Crippen LogP contribution < -0.4 is 10.5 Å². The van der Waals surface area contributed by atoms with Crippen LogP contribution in [-0.2, 0) is 6.18 Å². The van der Waals surface area contributed by atoms with Gasteiger partial charge in [-0.2, -0.15) is 13.2 Å². The fourth-order valence-electron chi connectivity index (χ4n) is 1.07. The maximum absolute atomic E-state index is 12.6. The van der Waals surface area contributed by atoms with Gasteiger partial charge >= 0.3 is 6.18 Å². The second-order valence-corrected chi connectivity index (χ2v) is 3.18. The topological polar surface area (TPSA) is 35.2 Å². The van der Waals surface area contributed by atoms with Crippen LogP contribution in [0.15, 0.2) is 29.8 Å². The number of hydrogen-bond acceptors (Lipinski definition) is 2. The van der Waals surface area contributed by atoms with Gasteiger partial charge in [0, 0.05) is 11.2 Å². The first kappa shape index (κ1) is 12.7. The first-order valence-electron chi connectivity index (χ1n) is 4.30. The van der Waals surface area contributed by atoms with E-state index in [0.29, 0.717) is 0 Å². The summed E-state index contributed by atoms with van der Waals surface area (Å²) in [6.07, 6.45) is -3.10. The molecule has 0 saturated carbocycles. The van der Waals surface area contributed by atoms with Gasteiger partial charge in [-0.25, -0.2) is 0 Å². The predicted octanol–water partition coefficient (Wildman–Crippen LogP) is 3.42. The number of nitrogen functional groups attached to an aromatic ring is 1. The highest BCUT2D eigenvalue weighted by atomic mass is 35.5. The minimum absolute atomic E-state index is 0.0313. The van der Waals surface area contributed by atoms with Crippen LogP contribution in [0.4, 0.5) is 18.9 Å². The van der Waals surface area contributed by atoms with Crippen molar-refractivity contribution in [3.8, 4) is 5.75 Å². The van der Waals surface area contributed by atoms with E-state index in [2.05, 4.69) is 0 Å². The Kier molecular flexibility index (Phi) is 4.06. The molecule has 0 amide bonds. The monoisotopic (exact) mass is 251 g/mol. The van der Waals surface area contributed by atoms with Crippen LogP contribution in [0, 0.1) is 0 Å². The molecular weight excluding hydrogens is 243 g/mol. The molecule has 0 saturated heterocycles. The molecule has 1 aromatic rings. The molecule has 0 spiro atoms. The molecule has 0 aliphatic heterocycles. The predicted molar refractivity (Wildman–Crippen MR) is 56.3 cm³/mol. The quantitative estimate of drug-likeness (QED) is 0.836.